The van der Waals surface area contributed by atoms with E-state index < -0.39 is 0 Å². The van der Waals surface area contributed by atoms with Crippen LogP contribution in [0.2, 0.25) is 0 Å². The summed E-state index contributed by atoms with van der Waals surface area (Å²) in [4.78, 5) is 26.8. The van der Waals surface area contributed by atoms with Crippen molar-refractivity contribution in [3.63, 3.8) is 0 Å². The summed E-state index contributed by atoms with van der Waals surface area (Å²) in [5.74, 6) is 0. The van der Waals surface area contributed by atoms with Gasteiger partial charge in [-0.3, -0.25) is 0 Å². The number of ether oxygens (including phenoxy) is 5. The lowest BCUT2D eigenvalue weighted by molar-refractivity contribution is -0.0150. The number of carbonyl (C=O) groups is 2. The standard InChI is InChI=1S/C20H36N2O7/c1-3-5-7-21-13-17(28-19(21)23)15-26-11-9-25-10-12-27-16-18-14-22(8-6-4-2)20(24)29-18/h17-18H,3-16H2,1-2H3. The molecule has 0 N–H and O–H groups in total. The van der Waals surface area contributed by atoms with Crippen LogP contribution < -0.4 is 0 Å². The molecule has 0 aromatic carbocycles. The smallest absolute Gasteiger partial charge is 0.410 e. The Morgan fingerprint density at radius 3 is 1.59 bits per heavy atom. The molecule has 0 aromatic heterocycles. The molecule has 0 aromatic rings. The van der Waals surface area contributed by atoms with E-state index in [9.17, 15) is 9.59 Å². The van der Waals surface area contributed by atoms with Crippen molar-refractivity contribution in [1.29, 1.82) is 0 Å². The number of nitrogens with zero attached hydrogens (tertiary/aromatic N) is 2. The van der Waals surface area contributed by atoms with Crippen molar-refractivity contribution in [2.24, 2.45) is 0 Å². The Kier molecular flexibility index (Phi) is 11.1. The van der Waals surface area contributed by atoms with Gasteiger partial charge in [-0.1, -0.05) is 26.7 Å². The van der Waals surface area contributed by atoms with Gasteiger partial charge in [0.1, 0.15) is 12.2 Å². The minimum Gasteiger partial charge on any atom is -0.442 e. The second-order valence-corrected chi connectivity index (χ2v) is 7.37. The zero-order chi connectivity index (χ0) is 20.9. The van der Waals surface area contributed by atoms with E-state index in [-0.39, 0.29) is 24.4 Å². The van der Waals surface area contributed by atoms with Gasteiger partial charge in [-0.05, 0) is 12.8 Å². The van der Waals surface area contributed by atoms with Crippen LogP contribution in [0.1, 0.15) is 39.5 Å². The molecule has 2 rings (SSSR count). The molecule has 2 aliphatic rings. The van der Waals surface area contributed by atoms with Gasteiger partial charge in [0.2, 0.25) is 0 Å². The number of cyclic esters (lactones) is 2. The van der Waals surface area contributed by atoms with E-state index in [2.05, 4.69) is 13.8 Å². The van der Waals surface area contributed by atoms with E-state index in [4.69, 9.17) is 23.7 Å². The minimum atomic E-state index is -0.248. The molecule has 2 aliphatic heterocycles. The van der Waals surface area contributed by atoms with E-state index >= 15 is 0 Å². The molecule has 29 heavy (non-hydrogen) atoms. The van der Waals surface area contributed by atoms with Gasteiger partial charge >= 0.3 is 12.2 Å². The molecule has 0 radical (unpaired) electrons. The van der Waals surface area contributed by atoms with Crippen molar-refractivity contribution in [3.8, 4) is 0 Å². The lowest BCUT2D eigenvalue weighted by Crippen LogP contribution is -2.27. The Hall–Kier alpha value is -1.58. The Morgan fingerprint density at radius 2 is 1.17 bits per heavy atom. The molecule has 2 heterocycles. The average molecular weight is 417 g/mol. The molecular weight excluding hydrogens is 380 g/mol. The summed E-state index contributed by atoms with van der Waals surface area (Å²) in [5.41, 5.74) is 0. The van der Waals surface area contributed by atoms with Gasteiger partial charge in [-0.2, -0.15) is 0 Å². The quantitative estimate of drug-likeness (QED) is 0.357. The van der Waals surface area contributed by atoms with Crippen LogP contribution in [0.4, 0.5) is 9.59 Å². The van der Waals surface area contributed by atoms with E-state index in [1.165, 1.54) is 0 Å². The Labute approximate surface area is 173 Å². The molecule has 168 valence electrons. The fourth-order valence-corrected chi connectivity index (χ4v) is 3.15. The van der Waals surface area contributed by atoms with Gasteiger partial charge in [0, 0.05) is 13.1 Å². The lowest BCUT2D eigenvalue weighted by Gasteiger charge is -2.12. The summed E-state index contributed by atoms with van der Waals surface area (Å²) in [6, 6.07) is 0. The third-order valence-electron chi connectivity index (χ3n) is 4.81. The van der Waals surface area contributed by atoms with Crippen molar-refractivity contribution in [2.45, 2.75) is 51.7 Å². The zero-order valence-electron chi connectivity index (χ0n) is 17.8. The molecule has 2 saturated heterocycles. The first-order valence-corrected chi connectivity index (χ1v) is 10.8. The molecule has 9 nitrogen and oxygen atoms in total. The highest BCUT2D eigenvalue weighted by molar-refractivity contribution is 5.70. The van der Waals surface area contributed by atoms with Crippen LogP contribution in [0.25, 0.3) is 0 Å². The maximum absolute atomic E-state index is 11.7. The molecule has 2 atom stereocenters. The van der Waals surface area contributed by atoms with Crippen molar-refractivity contribution in [2.75, 3.05) is 65.8 Å². The van der Waals surface area contributed by atoms with Gasteiger partial charge in [-0.25, -0.2) is 9.59 Å². The molecule has 2 amide bonds. The highest BCUT2D eigenvalue weighted by atomic mass is 16.6. The van der Waals surface area contributed by atoms with Gasteiger partial charge in [0.05, 0.1) is 52.7 Å². The number of rotatable bonds is 16. The largest absolute Gasteiger partial charge is 0.442 e. The van der Waals surface area contributed by atoms with E-state index in [0.29, 0.717) is 52.7 Å². The summed E-state index contributed by atoms with van der Waals surface area (Å²) >= 11 is 0. The van der Waals surface area contributed by atoms with Gasteiger partial charge in [0.25, 0.3) is 0 Å². The number of amides is 2. The SMILES string of the molecule is CCCCN1CC(COCCOCCOCC2CN(CCCC)C(=O)O2)OC1=O. The predicted molar refractivity (Wildman–Crippen MR) is 106 cm³/mol. The second-order valence-electron chi connectivity index (χ2n) is 7.37. The average Bonchev–Trinajstić information content (AvgIpc) is 3.24. The van der Waals surface area contributed by atoms with Gasteiger partial charge in [-0.15, -0.1) is 0 Å². The number of unbranched alkanes of at least 4 members (excludes halogenated alkanes) is 2. The summed E-state index contributed by atoms with van der Waals surface area (Å²) in [7, 11) is 0. The third kappa shape index (κ3) is 8.76. The lowest BCUT2D eigenvalue weighted by atomic mass is 10.3. The monoisotopic (exact) mass is 416 g/mol. The molecule has 0 saturated carbocycles. The maximum Gasteiger partial charge on any atom is 0.410 e. The van der Waals surface area contributed by atoms with E-state index in [1.807, 2.05) is 0 Å². The molecular formula is C20H36N2O7. The summed E-state index contributed by atoms with van der Waals surface area (Å²) in [6.07, 6.45) is 3.17. The fourth-order valence-electron chi connectivity index (χ4n) is 3.15. The van der Waals surface area contributed by atoms with Crippen molar-refractivity contribution in [3.05, 3.63) is 0 Å². The number of hydrogen-bond acceptors (Lipinski definition) is 7. The van der Waals surface area contributed by atoms with Gasteiger partial charge in [0.15, 0.2) is 0 Å². The van der Waals surface area contributed by atoms with E-state index in [1.54, 1.807) is 9.80 Å². The van der Waals surface area contributed by atoms with Crippen LogP contribution in [0, 0.1) is 0 Å². The fraction of sp³-hybridized carbons (Fsp3) is 0.900. The zero-order valence-corrected chi connectivity index (χ0v) is 17.8. The van der Waals surface area contributed by atoms with Crippen LogP contribution in [0.3, 0.4) is 0 Å². The highest BCUT2D eigenvalue weighted by Crippen LogP contribution is 2.13. The van der Waals surface area contributed by atoms with Crippen LogP contribution in [-0.4, -0.2) is 100 Å². The van der Waals surface area contributed by atoms with Crippen molar-refractivity contribution in [1.82, 2.24) is 9.80 Å². The Morgan fingerprint density at radius 1 is 0.759 bits per heavy atom. The van der Waals surface area contributed by atoms with Crippen molar-refractivity contribution < 1.29 is 33.3 Å². The van der Waals surface area contributed by atoms with Gasteiger partial charge < -0.3 is 33.5 Å². The first-order chi connectivity index (χ1) is 14.1. The molecule has 0 spiro atoms. The molecule has 0 aliphatic carbocycles. The second kappa shape index (κ2) is 13.6. The van der Waals surface area contributed by atoms with Crippen LogP contribution >= 0.6 is 0 Å². The molecule has 2 unspecified atom stereocenters. The van der Waals surface area contributed by atoms with Crippen molar-refractivity contribution >= 4 is 12.2 Å². The highest BCUT2D eigenvalue weighted by Gasteiger charge is 2.31. The summed E-state index contributed by atoms with van der Waals surface area (Å²) < 4.78 is 27.1. The normalized spacial score (nSPS) is 21.7. The number of carbonyl (C=O) groups excluding carboxylic acids is 2. The third-order valence-corrected chi connectivity index (χ3v) is 4.81. The topological polar surface area (TPSA) is 86.8 Å². The molecule has 2 fully saturated rings. The first-order valence-electron chi connectivity index (χ1n) is 10.8. The Balaban J connectivity index is 1.40. The summed E-state index contributed by atoms with van der Waals surface area (Å²) in [6.45, 7) is 9.41. The first kappa shape index (κ1) is 23.7. The predicted octanol–water partition coefficient (Wildman–Crippen LogP) is 2.28. The van der Waals surface area contributed by atoms with E-state index in [0.717, 1.165) is 38.8 Å². The van der Waals surface area contributed by atoms with Crippen LogP contribution in [0.15, 0.2) is 0 Å². The maximum atomic E-state index is 11.7. The molecule has 0 bridgehead atoms. The Bertz CT molecular complexity index is 449. The molecule has 9 heteroatoms. The number of hydrogen-bond donors (Lipinski definition) is 0. The summed E-state index contributed by atoms with van der Waals surface area (Å²) in [5, 5.41) is 0. The minimum absolute atomic E-state index is 0.200. The van der Waals surface area contributed by atoms with Crippen LogP contribution in [0.5, 0.6) is 0 Å². The van der Waals surface area contributed by atoms with Crippen LogP contribution in [-0.2, 0) is 23.7 Å².